The van der Waals surface area contributed by atoms with E-state index < -0.39 is 0 Å². The Morgan fingerprint density at radius 3 is 2.86 bits per heavy atom. The summed E-state index contributed by atoms with van der Waals surface area (Å²) >= 11 is 0. The van der Waals surface area contributed by atoms with Crippen LogP contribution in [0.3, 0.4) is 0 Å². The van der Waals surface area contributed by atoms with E-state index in [4.69, 9.17) is 4.42 Å². The van der Waals surface area contributed by atoms with Gasteiger partial charge < -0.3 is 9.73 Å². The smallest absolute Gasteiger partial charge is 0.118 e. The van der Waals surface area contributed by atoms with E-state index in [2.05, 4.69) is 43.1 Å². The van der Waals surface area contributed by atoms with Crippen LogP contribution < -0.4 is 5.32 Å². The highest BCUT2D eigenvalue weighted by Gasteiger charge is 2.22. The largest absolute Gasteiger partial charge is 0.463 e. The van der Waals surface area contributed by atoms with E-state index in [9.17, 15) is 0 Å². The first-order chi connectivity index (χ1) is 10.2. The van der Waals surface area contributed by atoms with E-state index in [1.54, 1.807) is 0 Å². The zero-order valence-corrected chi connectivity index (χ0v) is 14.0. The van der Waals surface area contributed by atoms with Crippen molar-refractivity contribution in [1.82, 2.24) is 10.2 Å². The van der Waals surface area contributed by atoms with Crippen molar-refractivity contribution < 1.29 is 4.42 Å². The van der Waals surface area contributed by atoms with Crippen molar-refractivity contribution >= 4 is 0 Å². The van der Waals surface area contributed by atoms with Crippen molar-refractivity contribution in [3.05, 3.63) is 23.7 Å². The first kappa shape index (κ1) is 16.6. The molecule has 1 aromatic heterocycles. The molecule has 0 amide bonds. The Bertz CT molecular complexity index is 398. The van der Waals surface area contributed by atoms with Gasteiger partial charge in [0.25, 0.3) is 0 Å². The normalized spacial score (nSPS) is 20.3. The van der Waals surface area contributed by atoms with Crippen LogP contribution in [0.5, 0.6) is 0 Å². The fourth-order valence-corrected chi connectivity index (χ4v) is 3.21. The van der Waals surface area contributed by atoms with Gasteiger partial charge in [-0.2, -0.15) is 0 Å². The van der Waals surface area contributed by atoms with Crippen molar-refractivity contribution in [2.24, 2.45) is 5.92 Å². The van der Waals surface area contributed by atoms with Crippen LogP contribution in [-0.4, -0.2) is 24.0 Å². The van der Waals surface area contributed by atoms with Gasteiger partial charge in [0.2, 0.25) is 0 Å². The molecule has 0 bridgehead atoms. The molecule has 1 atom stereocenters. The molecule has 0 radical (unpaired) electrons. The van der Waals surface area contributed by atoms with Crippen LogP contribution in [0.1, 0.15) is 64.4 Å². The molecule has 0 aromatic carbocycles. The third-order valence-electron chi connectivity index (χ3n) is 4.30. The average Bonchev–Trinajstić information content (AvgIpc) is 2.88. The Kier molecular flexibility index (Phi) is 6.78. The second kappa shape index (κ2) is 8.60. The van der Waals surface area contributed by atoms with Gasteiger partial charge in [-0.1, -0.05) is 33.6 Å². The predicted octanol–water partition coefficient (Wildman–Crippen LogP) is 4.18. The van der Waals surface area contributed by atoms with Gasteiger partial charge in [0.15, 0.2) is 0 Å². The maximum atomic E-state index is 5.99. The van der Waals surface area contributed by atoms with Crippen molar-refractivity contribution in [2.75, 3.05) is 13.1 Å². The molecule has 120 valence electrons. The summed E-state index contributed by atoms with van der Waals surface area (Å²) in [7, 11) is 0. The van der Waals surface area contributed by atoms with Crippen LogP contribution in [0.15, 0.2) is 16.5 Å². The predicted molar refractivity (Wildman–Crippen MR) is 88.2 cm³/mol. The maximum Gasteiger partial charge on any atom is 0.118 e. The summed E-state index contributed by atoms with van der Waals surface area (Å²) in [6.07, 6.45) is 6.69. The molecule has 1 N–H and O–H groups in total. The highest BCUT2D eigenvalue weighted by atomic mass is 16.3. The maximum absolute atomic E-state index is 5.99. The number of furan rings is 1. The third-order valence-corrected chi connectivity index (χ3v) is 4.30. The second-order valence-corrected chi connectivity index (χ2v) is 6.80. The van der Waals surface area contributed by atoms with Gasteiger partial charge in [0, 0.05) is 6.04 Å². The minimum atomic E-state index is 0.683. The molecule has 3 nitrogen and oxygen atoms in total. The molecule has 2 heterocycles. The van der Waals surface area contributed by atoms with Crippen molar-refractivity contribution in [1.29, 1.82) is 0 Å². The minimum Gasteiger partial charge on any atom is -0.463 e. The van der Waals surface area contributed by atoms with Crippen LogP contribution in [0.2, 0.25) is 0 Å². The van der Waals surface area contributed by atoms with Crippen LogP contribution in [-0.2, 0) is 13.1 Å². The first-order valence-corrected chi connectivity index (χ1v) is 8.71. The fourth-order valence-electron chi connectivity index (χ4n) is 3.21. The lowest BCUT2D eigenvalue weighted by atomic mass is 9.98. The fraction of sp³-hybridized carbons (Fsp3) is 0.778. The highest BCUT2D eigenvalue weighted by molar-refractivity contribution is 5.07. The summed E-state index contributed by atoms with van der Waals surface area (Å²) in [5, 5.41) is 3.44. The van der Waals surface area contributed by atoms with E-state index >= 15 is 0 Å². The monoisotopic (exact) mass is 292 g/mol. The summed E-state index contributed by atoms with van der Waals surface area (Å²) in [6, 6.07) is 5.04. The molecule has 1 fully saturated rings. The van der Waals surface area contributed by atoms with E-state index in [-0.39, 0.29) is 0 Å². The van der Waals surface area contributed by atoms with E-state index in [0.717, 1.165) is 37.2 Å². The highest BCUT2D eigenvalue weighted by Crippen LogP contribution is 2.23. The van der Waals surface area contributed by atoms with E-state index in [1.807, 2.05) is 0 Å². The molecule has 0 spiro atoms. The Balaban J connectivity index is 1.83. The number of piperidine rings is 1. The van der Waals surface area contributed by atoms with Gasteiger partial charge in [0.05, 0.1) is 13.1 Å². The Morgan fingerprint density at radius 1 is 1.29 bits per heavy atom. The van der Waals surface area contributed by atoms with Gasteiger partial charge in [0.1, 0.15) is 11.5 Å². The van der Waals surface area contributed by atoms with Crippen molar-refractivity contribution in [2.45, 2.75) is 72.0 Å². The van der Waals surface area contributed by atoms with Gasteiger partial charge in [-0.25, -0.2) is 0 Å². The summed E-state index contributed by atoms with van der Waals surface area (Å²) in [4.78, 5) is 2.62. The molecule has 21 heavy (non-hydrogen) atoms. The molecule has 1 unspecified atom stereocenters. The number of hydrogen-bond acceptors (Lipinski definition) is 3. The van der Waals surface area contributed by atoms with Crippen molar-refractivity contribution in [3.8, 4) is 0 Å². The van der Waals surface area contributed by atoms with E-state index in [0.29, 0.717) is 5.92 Å². The number of likely N-dealkylation sites (tertiary alicyclic amines) is 1. The molecule has 0 aliphatic carbocycles. The average molecular weight is 292 g/mol. The zero-order chi connectivity index (χ0) is 15.1. The molecule has 1 aromatic rings. The second-order valence-electron chi connectivity index (χ2n) is 6.80. The van der Waals surface area contributed by atoms with Crippen molar-refractivity contribution in [3.63, 3.8) is 0 Å². The van der Waals surface area contributed by atoms with Gasteiger partial charge in [-0.3, -0.25) is 4.90 Å². The van der Waals surface area contributed by atoms with Crippen LogP contribution >= 0.6 is 0 Å². The number of rotatable bonds is 8. The molecule has 0 saturated carbocycles. The lowest BCUT2D eigenvalue weighted by Crippen LogP contribution is -2.38. The summed E-state index contributed by atoms with van der Waals surface area (Å²) in [5.41, 5.74) is 0. The summed E-state index contributed by atoms with van der Waals surface area (Å²) < 4.78 is 5.99. The molecule has 1 saturated heterocycles. The van der Waals surface area contributed by atoms with Crippen LogP contribution in [0.4, 0.5) is 0 Å². The Morgan fingerprint density at radius 2 is 2.10 bits per heavy atom. The van der Waals surface area contributed by atoms with Crippen LogP contribution in [0, 0.1) is 5.92 Å². The van der Waals surface area contributed by atoms with Gasteiger partial charge >= 0.3 is 0 Å². The Hall–Kier alpha value is -0.800. The molecule has 2 rings (SSSR count). The van der Waals surface area contributed by atoms with Gasteiger partial charge in [-0.15, -0.1) is 0 Å². The number of hydrogen-bond donors (Lipinski definition) is 1. The number of nitrogens with zero attached hydrogens (tertiary/aromatic N) is 1. The molecular weight excluding hydrogens is 260 g/mol. The molecule has 3 heteroatoms. The number of nitrogens with one attached hydrogen (secondary N) is 1. The Labute approximate surface area is 130 Å². The molecule has 1 aliphatic rings. The summed E-state index contributed by atoms with van der Waals surface area (Å²) in [6.45, 7) is 10.8. The zero-order valence-electron chi connectivity index (χ0n) is 14.0. The van der Waals surface area contributed by atoms with Gasteiger partial charge in [-0.05, 0) is 50.4 Å². The SMILES string of the molecule is CCCC1CCCCN1Cc1ccc(CNCC(C)C)o1. The lowest BCUT2D eigenvalue weighted by Gasteiger charge is -2.35. The topological polar surface area (TPSA) is 28.4 Å². The van der Waals surface area contributed by atoms with E-state index in [1.165, 1.54) is 38.6 Å². The minimum absolute atomic E-state index is 0.683. The van der Waals surface area contributed by atoms with Crippen LogP contribution in [0.25, 0.3) is 0 Å². The summed E-state index contributed by atoms with van der Waals surface area (Å²) in [5.74, 6) is 2.87. The quantitative estimate of drug-likeness (QED) is 0.779. The lowest BCUT2D eigenvalue weighted by molar-refractivity contribution is 0.121. The third kappa shape index (κ3) is 5.48. The first-order valence-electron chi connectivity index (χ1n) is 8.71. The standard InChI is InChI=1S/C18H32N2O/c1-4-7-16-8-5-6-11-20(16)14-18-10-9-17(21-18)13-19-12-15(2)3/h9-10,15-16,19H,4-8,11-14H2,1-3H3. The molecular formula is C18H32N2O. The molecule has 1 aliphatic heterocycles.